The summed E-state index contributed by atoms with van der Waals surface area (Å²) in [5.41, 5.74) is 1.12. The zero-order valence-electron chi connectivity index (χ0n) is 17.9. The molecule has 2 amide bonds. The Bertz CT molecular complexity index is 962. The molecule has 1 N–H and O–H groups in total. The first-order valence-corrected chi connectivity index (χ1v) is 9.91. The summed E-state index contributed by atoms with van der Waals surface area (Å²) in [6.07, 6.45) is 0.746. The molecule has 2 aromatic rings. The quantitative estimate of drug-likeness (QED) is 0.783. The fourth-order valence-electron chi connectivity index (χ4n) is 3.87. The Hall–Kier alpha value is -3.09. The van der Waals surface area contributed by atoms with E-state index < -0.39 is 17.8 Å². The van der Waals surface area contributed by atoms with Gasteiger partial charge in [0, 0.05) is 24.2 Å². The van der Waals surface area contributed by atoms with Gasteiger partial charge in [0.05, 0.1) is 26.2 Å². The lowest BCUT2D eigenvalue weighted by Crippen LogP contribution is -2.47. The van der Waals surface area contributed by atoms with Gasteiger partial charge in [-0.2, -0.15) is 0 Å². The van der Waals surface area contributed by atoms with Crippen LogP contribution in [-0.2, 0) is 4.79 Å². The van der Waals surface area contributed by atoms with E-state index in [1.165, 1.54) is 25.2 Å². The van der Waals surface area contributed by atoms with Crippen molar-refractivity contribution >= 4 is 11.8 Å². The molecule has 0 radical (unpaired) electrons. The van der Waals surface area contributed by atoms with E-state index in [0.717, 1.165) is 6.42 Å². The number of rotatable bonds is 6. The first-order chi connectivity index (χ1) is 14.3. The minimum Gasteiger partial charge on any atom is -0.493 e. The molecular formula is C23H27FN2O4. The summed E-state index contributed by atoms with van der Waals surface area (Å²) in [5.74, 6) is -1.07. The minimum absolute atomic E-state index is 0.0645. The molecule has 1 aliphatic rings. The summed E-state index contributed by atoms with van der Waals surface area (Å²) in [7, 11) is 4.56. The first-order valence-electron chi connectivity index (χ1n) is 9.91. The molecule has 0 aliphatic carbocycles. The Morgan fingerprint density at radius 2 is 1.80 bits per heavy atom. The van der Waals surface area contributed by atoms with Crippen molar-refractivity contribution in [3.63, 3.8) is 0 Å². The van der Waals surface area contributed by atoms with Gasteiger partial charge in [0.2, 0.25) is 5.91 Å². The third-order valence-corrected chi connectivity index (χ3v) is 5.68. The Morgan fingerprint density at radius 1 is 1.17 bits per heavy atom. The Balaban J connectivity index is 2.24. The largest absolute Gasteiger partial charge is 0.493 e. The molecular weight excluding hydrogens is 387 g/mol. The summed E-state index contributed by atoms with van der Waals surface area (Å²) in [6.45, 7) is 3.88. The van der Waals surface area contributed by atoms with Crippen molar-refractivity contribution in [1.29, 1.82) is 0 Å². The number of hydrogen-bond donors (Lipinski definition) is 1. The third-order valence-electron chi connectivity index (χ3n) is 5.68. The minimum atomic E-state index is -0.812. The van der Waals surface area contributed by atoms with Crippen LogP contribution in [0.25, 0.3) is 0 Å². The van der Waals surface area contributed by atoms with Crippen molar-refractivity contribution in [2.45, 2.75) is 38.3 Å². The first kappa shape index (κ1) is 21.6. The van der Waals surface area contributed by atoms with Gasteiger partial charge >= 0.3 is 0 Å². The maximum atomic E-state index is 14.8. The van der Waals surface area contributed by atoms with Gasteiger partial charge in [-0.05, 0) is 37.1 Å². The standard InChI is InChI=1S/C23H27FN2O4/c1-6-13(2)25-22(27)20-15-11-18(29-4)19(30-5)12-16(15)23(28)26(3)21(20)14-9-7-8-10-17(14)24/h7-13,20-21H,6H2,1-5H3,(H,25,27). The van der Waals surface area contributed by atoms with Gasteiger partial charge < -0.3 is 19.7 Å². The van der Waals surface area contributed by atoms with Crippen molar-refractivity contribution in [2.75, 3.05) is 21.3 Å². The number of hydrogen-bond acceptors (Lipinski definition) is 4. The average molecular weight is 414 g/mol. The van der Waals surface area contributed by atoms with Crippen LogP contribution in [0.15, 0.2) is 36.4 Å². The molecule has 0 saturated carbocycles. The topological polar surface area (TPSA) is 67.9 Å². The summed E-state index contributed by atoms with van der Waals surface area (Å²) in [4.78, 5) is 28.0. The van der Waals surface area contributed by atoms with Crippen LogP contribution >= 0.6 is 0 Å². The van der Waals surface area contributed by atoms with E-state index in [1.54, 1.807) is 37.4 Å². The molecule has 1 heterocycles. The van der Waals surface area contributed by atoms with E-state index in [0.29, 0.717) is 22.6 Å². The maximum absolute atomic E-state index is 14.8. The molecule has 7 heteroatoms. The number of fused-ring (bicyclic) bond motifs is 1. The number of nitrogens with zero attached hydrogens (tertiary/aromatic N) is 1. The molecule has 6 nitrogen and oxygen atoms in total. The van der Waals surface area contributed by atoms with E-state index in [-0.39, 0.29) is 23.4 Å². The fraction of sp³-hybridized carbons (Fsp3) is 0.391. The fourth-order valence-corrected chi connectivity index (χ4v) is 3.87. The second kappa shape index (κ2) is 8.73. The zero-order valence-corrected chi connectivity index (χ0v) is 17.9. The van der Waals surface area contributed by atoms with Crippen LogP contribution in [0, 0.1) is 5.82 Å². The lowest BCUT2D eigenvalue weighted by atomic mass is 9.79. The van der Waals surface area contributed by atoms with Crippen LogP contribution in [0.1, 0.15) is 53.7 Å². The molecule has 3 rings (SSSR count). The smallest absolute Gasteiger partial charge is 0.254 e. The summed E-state index contributed by atoms with van der Waals surface area (Å²) >= 11 is 0. The van der Waals surface area contributed by atoms with Crippen LogP contribution in [-0.4, -0.2) is 44.0 Å². The molecule has 3 atom stereocenters. The summed E-state index contributed by atoms with van der Waals surface area (Å²) in [5, 5.41) is 2.99. The second-order valence-corrected chi connectivity index (χ2v) is 7.47. The monoisotopic (exact) mass is 414 g/mol. The number of carbonyl (C=O) groups is 2. The molecule has 1 aliphatic heterocycles. The highest BCUT2D eigenvalue weighted by molar-refractivity contribution is 6.02. The van der Waals surface area contributed by atoms with E-state index in [4.69, 9.17) is 9.47 Å². The Labute approximate surface area is 176 Å². The second-order valence-electron chi connectivity index (χ2n) is 7.47. The average Bonchev–Trinajstić information content (AvgIpc) is 2.75. The van der Waals surface area contributed by atoms with Crippen molar-refractivity contribution in [2.24, 2.45) is 0 Å². The highest BCUT2D eigenvalue weighted by atomic mass is 19.1. The van der Waals surface area contributed by atoms with Gasteiger partial charge in [-0.1, -0.05) is 25.1 Å². The summed E-state index contributed by atoms with van der Waals surface area (Å²) in [6, 6.07) is 8.59. The van der Waals surface area contributed by atoms with Crippen molar-refractivity contribution < 1.29 is 23.5 Å². The Morgan fingerprint density at radius 3 is 2.40 bits per heavy atom. The zero-order chi connectivity index (χ0) is 22.0. The number of amides is 2. The molecule has 0 spiro atoms. The lowest BCUT2D eigenvalue weighted by molar-refractivity contribution is -0.124. The molecule has 160 valence electrons. The molecule has 0 aromatic heterocycles. The van der Waals surface area contributed by atoms with Gasteiger partial charge in [0.15, 0.2) is 11.5 Å². The SMILES string of the molecule is CCC(C)NC(=O)C1c2cc(OC)c(OC)cc2C(=O)N(C)C1c1ccccc1F. The van der Waals surface area contributed by atoms with E-state index in [1.807, 2.05) is 13.8 Å². The maximum Gasteiger partial charge on any atom is 0.254 e. The van der Waals surface area contributed by atoms with Crippen LogP contribution in [0.5, 0.6) is 11.5 Å². The molecule has 3 unspecified atom stereocenters. The van der Waals surface area contributed by atoms with E-state index in [9.17, 15) is 14.0 Å². The number of ether oxygens (including phenoxy) is 2. The number of nitrogens with one attached hydrogen (secondary N) is 1. The predicted molar refractivity (Wildman–Crippen MR) is 111 cm³/mol. The highest BCUT2D eigenvalue weighted by Crippen LogP contribution is 2.46. The van der Waals surface area contributed by atoms with Gasteiger partial charge in [0.25, 0.3) is 5.91 Å². The van der Waals surface area contributed by atoms with E-state index in [2.05, 4.69) is 5.32 Å². The molecule has 0 bridgehead atoms. The highest BCUT2D eigenvalue weighted by Gasteiger charge is 2.44. The number of benzene rings is 2. The van der Waals surface area contributed by atoms with Gasteiger partial charge in [0.1, 0.15) is 5.82 Å². The van der Waals surface area contributed by atoms with Crippen LogP contribution in [0.4, 0.5) is 4.39 Å². The Kier molecular flexibility index (Phi) is 6.29. The van der Waals surface area contributed by atoms with Gasteiger partial charge in [-0.15, -0.1) is 0 Å². The van der Waals surface area contributed by atoms with Crippen molar-refractivity contribution in [1.82, 2.24) is 10.2 Å². The molecule has 0 fully saturated rings. The van der Waals surface area contributed by atoms with E-state index >= 15 is 0 Å². The number of carbonyl (C=O) groups excluding carboxylic acids is 2. The number of likely N-dealkylation sites (N-methyl/N-ethyl adjacent to an activating group) is 1. The lowest BCUT2D eigenvalue weighted by Gasteiger charge is -2.40. The van der Waals surface area contributed by atoms with Crippen molar-refractivity contribution in [3.8, 4) is 11.5 Å². The summed E-state index contributed by atoms with van der Waals surface area (Å²) < 4.78 is 25.5. The van der Waals surface area contributed by atoms with Crippen LogP contribution in [0.3, 0.4) is 0 Å². The van der Waals surface area contributed by atoms with Crippen molar-refractivity contribution in [3.05, 3.63) is 58.9 Å². The van der Waals surface area contributed by atoms with Gasteiger partial charge in [-0.25, -0.2) is 4.39 Å². The molecule has 2 aromatic carbocycles. The normalized spacial score (nSPS) is 19.1. The number of halogens is 1. The molecule has 30 heavy (non-hydrogen) atoms. The van der Waals surface area contributed by atoms with Gasteiger partial charge in [-0.3, -0.25) is 9.59 Å². The van der Waals surface area contributed by atoms with Crippen LogP contribution in [0.2, 0.25) is 0 Å². The number of methoxy groups -OCH3 is 2. The van der Waals surface area contributed by atoms with Crippen LogP contribution < -0.4 is 14.8 Å². The molecule has 0 saturated heterocycles. The predicted octanol–water partition coefficient (Wildman–Crippen LogP) is 3.67. The third kappa shape index (κ3) is 3.72.